The van der Waals surface area contributed by atoms with Crippen molar-refractivity contribution in [2.75, 3.05) is 11.4 Å². The molecule has 0 spiro atoms. The Morgan fingerprint density at radius 2 is 2.04 bits per heavy atom. The number of hydrogen-bond donors (Lipinski definition) is 1. The minimum absolute atomic E-state index is 0.0304. The van der Waals surface area contributed by atoms with Crippen LogP contribution < -0.4 is 15.4 Å². The van der Waals surface area contributed by atoms with Gasteiger partial charge in [0.2, 0.25) is 0 Å². The average Bonchev–Trinajstić information content (AvgIpc) is 3.31. The van der Waals surface area contributed by atoms with Crippen LogP contribution in [0.4, 0.5) is 5.69 Å². The van der Waals surface area contributed by atoms with Crippen LogP contribution in [-0.2, 0) is 4.79 Å². The maximum atomic E-state index is 12.8. The number of amides is 1. The van der Waals surface area contributed by atoms with E-state index in [-0.39, 0.29) is 11.9 Å². The number of anilines is 1. The monoisotopic (exact) mass is 316 g/mol. The minimum Gasteiger partial charge on any atom is -0.476 e. The van der Waals surface area contributed by atoms with Crippen LogP contribution in [0.2, 0.25) is 0 Å². The molecular formula is C19H28N2O2. The lowest BCUT2D eigenvalue weighted by molar-refractivity contribution is -0.132. The first-order valence-corrected chi connectivity index (χ1v) is 8.70. The molecule has 1 aromatic rings. The Balaban J connectivity index is 1.95. The number of nitrogens with two attached hydrogens (primary N) is 1. The van der Waals surface area contributed by atoms with Crippen molar-refractivity contribution in [3.05, 3.63) is 23.8 Å². The van der Waals surface area contributed by atoms with Gasteiger partial charge in [-0.25, -0.2) is 0 Å². The van der Waals surface area contributed by atoms with Gasteiger partial charge in [0.15, 0.2) is 5.60 Å². The topological polar surface area (TPSA) is 55.6 Å². The van der Waals surface area contributed by atoms with Gasteiger partial charge in [0.05, 0.1) is 5.69 Å². The van der Waals surface area contributed by atoms with Crippen molar-refractivity contribution in [2.24, 2.45) is 17.6 Å². The molecule has 4 nitrogen and oxygen atoms in total. The highest BCUT2D eigenvalue weighted by molar-refractivity contribution is 6.02. The summed E-state index contributed by atoms with van der Waals surface area (Å²) < 4.78 is 5.95. The molecule has 1 heterocycles. The molecule has 3 rings (SSSR count). The first-order chi connectivity index (χ1) is 10.8. The summed E-state index contributed by atoms with van der Waals surface area (Å²) in [5, 5.41) is 0. The van der Waals surface area contributed by atoms with Crippen LogP contribution in [0.1, 0.15) is 58.6 Å². The van der Waals surface area contributed by atoms with Crippen LogP contribution in [0.25, 0.3) is 0 Å². The van der Waals surface area contributed by atoms with Gasteiger partial charge in [0.1, 0.15) is 5.75 Å². The van der Waals surface area contributed by atoms with Crippen molar-refractivity contribution in [3.63, 3.8) is 0 Å². The van der Waals surface area contributed by atoms with Crippen molar-refractivity contribution in [1.29, 1.82) is 0 Å². The minimum atomic E-state index is -0.815. The van der Waals surface area contributed by atoms with E-state index in [9.17, 15) is 4.79 Å². The van der Waals surface area contributed by atoms with Gasteiger partial charge >= 0.3 is 0 Å². The number of carbonyl (C=O) groups excluding carboxylic acids is 1. The Morgan fingerprint density at radius 1 is 1.35 bits per heavy atom. The lowest BCUT2D eigenvalue weighted by Crippen LogP contribution is -2.53. The van der Waals surface area contributed by atoms with E-state index in [0.29, 0.717) is 11.8 Å². The summed E-state index contributed by atoms with van der Waals surface area (Å²) in [5.74, 6) is 1.95. The van der Waals surface area contributed by atoms with Crippen molar-refractivity contribution in [1.82, 2.24) is 0 Å². The lowest BCUT2D eigenvalue weighted by atomic mass is 9.98. The van der Waals surface area contributed by atoms with Crippen LogP contribution in [-0.4, -0.2) is 18.1 Å². The SMILES string of the molecule is CC(C)CCN1C(=O)C(C)(C)Oc2ccc(C(N)C3CC3)cc21. The van der Waals surface area contributed by atoms with Gasteiger partial charge in [-0.15, -0.1) is 0 Å². The standard InChI is InChI=1S/C19H28N2O2/c1-12(2)9-10-21-15-11-14(17(20)13-5-6-13)7-8-16(15)23-19(3,4)18(21)22/h7-8,11-13,17H,5-6,9-10,20H2,1-4H3. The molecule has 1 aliphatic heterocycles. The first-order valence-electron chi connectivity index (χ1n) is 8.70. The number of hydrogen-bond acceptors (Lipinski definition) is 3. The predicted molar refractivity (Wildman–Crippen MR) is 92.6 cm³/mol. The molecule has 126 valence electrons. The van der Waals surface area contributed by atoms with Crippen molar-refractivity contribution in [2.45, 2.75) is 58.6 Å². The Morgan fingerprint density at radius 3 is 2.65 bits per heavy atom. The van der Waals surface area contributed by atoms with Crippen molar-refractivity contribution < 1.29 is 9.53 Å². The van der Waals surface area contributed by atoms with Gasteiger partial charge in [-0.05, 0) is 62.6 Å². The van der Waals surface area contributed by atoms with E-state index < -0.39 is 5.60 Å². The Bertz CT molecular complexity index is 605. The molecule has 1 amide bonds. The van der Waals surface area contributed by atoms with E-state index >= 15 is 0 Å². The molecule has 1 aliphatic carbocycles. The summed E-state index contributed by atoms with van der Waals surface area (Å²) in [7, 11) is 0. The molecule has 2 aliphatic rings. The molecule has 0 saturated heterocycles. The highest BCUT2D eigenvalue weighted by atomic mass is 16.5. The van der Waals surface area contributed by atoms with Gasteiger partial charge in [0, 0.05) is 12.6 Å². The molecule has 4 heteroatoms. The molecule has 1 fully saturated rings. The molecule has 1 atom stereocenters. The lowest BCUT2D eigenvalue weighted by Gasteiger charge is -2.39. The molecule has 0 bridgehead atoms. The molecule has 2 N–H and O–H groups in total. The summed E-state index contributed by atoms with van der Waals surface area (Å²) in [4.78, 5) is 14.7. The van der Waals surface area contributed by atoms with Crippen molar-refractivity contribution >= 4 is 11.6 Å². The second kappa shape index (κ2) is 5.82. The number of rotatable bonds is 5. The van der Waals surface area contributed by atoms with Crippen LogP contribution in [0.5, 0.6) is 5.75 Å². The van der Waals surface area contributed by atoms with E-state index in [0.717, 1.165) is 30.0 Å². The molecule has 0 radical (unpaired) electrons. The fourth-order valence-corrected chi connectivity index (χ4v) is 3.13. The first kappa shape index (κ1) is 16.3. The molecular weight excluding hydrogens is 288 g/mol. The maximum absolute atomic E-state index is 12.8. The maximum Gasteiger partial charge on any atom is 0.270 e. The molecule has 1 aromatic carbocycles. The number of fused-ring (bicyclic) bond motifs is 1. The fraction of sp³-hybridized carbons (Fsp3) is 0.632. The summed E-state index contributed by atoms with van der Waals surface area (Å²) in [5.41, 5.74) is 7.52. The van der Waals surface area contributed by atoms with Crippen LogP contribution in [0, 0.1) is 11.8 Å². The van der Waals surface area contributed by atoms with E-state index in [4.69, 9.17) is 10.5 Å². The third-order valence-electron chi connectivity index (χ3n) is 4.84. The largest absolute Gasteiger partial charge is 0.476 e. The zero-order chi connectivity index (χ0) is 16.8. The number of nitrogens with zero attached hydrogens (tertiary/aromatic N) is 1. The van der Waals surface area contributed by atoms with Crippen LogP contribution in [0.15, 0.2) is 18.2 Å². The third kappa shape index (κ3) is 3.23. The van der Waals surface area contributed by atoms with Gasteiger partial charge in [-0.1, -0.05) is 19.9 Å². The number of carbonyl (C=O) groups is 1. The van der Waals surface area contributed by atoms with Crippen LogP contribution in [0.3, 0.4) is 0 Å². The molecule has 1 unspecified atom stereocenters. The second-order valence-electron chi connectivity index (χ2n) is 7.84. The van der Waals surface area contributed by atoms with Gasteiger partial charge in [-0.2, -0.15) is 0 Å². The predicted octanol–water partition coefficient (Wildman–Crippen LogP) is 3.65. The fourth-order valence-electron chi connectivity index (χ4n) is 3.13. The van der Waals surface area contributed by atoms with Crippen molar-refractivity contribution in [3.8, 4) is 5.75 Å². The van der Waals surface area contributed by atoms with E-state index in [1.165, 1.54) is 12.8 Å². The van der Waals surface area contributed by atoms with E-state index in [2.05, 4.69) is 19.9 Å². The van der Waals surface area contributed by atoms with Gasteiger partial charge in [-0.3, -0.25) is 4.79 Å². The Labute approximate surface area is 139 Å². The summed E-state index contributed by atoms with van der Waals surface area (Å²) in [6.45, 7) is 8.75. The van der Waals surface area contributed by atoms with E-state index in [1.807, 2.05) is 30.9 Å². The highest BCUT2D eigenvalue weighted by Crippen LogP contribution is 2.43. The van der Waals surface area contributed by atoms with Crippen LogP contribution >= 0.6 is 0 Å². The van der Waals surface area contributed by atoms with E-state index in [1.54, 1.807) is 0 Å². The summed E-state index contributed by atoms with van der Waals surface area (Å²) in [6.07, 6.45) is 3.38. The Kier molecular flexibility index (Phi) is 4.13. The molecule has 23 heavy (non-hydrogen) atoms. The summed E-state index contributed by atoms with van der Waals surface area (Å²) >= 11 is 0. The second-order valence-corrected chi connectivity index (χ2v) is 7.84. The molecule has 1 saturated carbocycles. The van der Waals surface area contributed by atoms with Gasteiger partial charge in [0.25, 0.3) is 5.91 Å². The molecule has 0 aromatic heterocycles. The normalized spacial score (nSPS) is 21.1. The zero-order valence-corrected chi connectivity index (χ0v) is 14.6. The quantitative estimate of drug-likeness (QED) is 0.902. The number of benzene rings is 1. The number of ether oxygens (including phenoxy) is 1. The Hall–Kier alpha value is -1.55. The zero-order valence-electron chi connectivity index (χ0n) is 14.6. The highest BCUT2D eigenvalue weighted by Gasteiger charge is 2.41. The third-order valence-corrected chi connectivity index (χ3v) is 4.84. The smallest absolute Gasteiger partial charge is 0.270 e. The summed E-state index contributed by atoms with van der Waals surface area (Å²) in [6, 6.07) is 6.15. The average molecular weight is 316 g/mol. The van der Waals surface area contributed by atoms with Gasteiger partial charge < -0.3 is 15.4 Å².